The topological polar surface area (TPSA) is 62.2 Å². The van der Waals surface area contributed by atoms with Crippen molar-refractivity contribution < 1.29 is 4.74 Å². The van der Waals surface area contributed by atoms with Gasteiger partial charge < -0.3 is 10.5 Å². The van der Waals surface area contributed by atoms with Crippen LogP contribution in [0.4, 0.5) is 0 Å². The van der Waals surface area contributed by atoms with Crippen molar-refractivity contribution >= 4 is 0 Å². The summed E-state index contributed by atoms with van der Waals surface area (Å²) in [6.45, 7) is 0.993. The van der Waals surface area contributed by atoms with Crippen molar-refractivity contribution in [3.63, 3.8) is 0 Å². The van der Waals surface area contributed by atoms with Gasteiger partial charge in [0.1, 0.15) is 0 Å². The summed E-state index contributed by atoms with van der Waals surface area (Å²) in [5.41, 5.74) is 5.84. The fraction of sp³-hybridized carbons (Fsp3) is 0.700. The van der Waals surface area contributed by atoms with Crippen LogP contribution in [0, 0.1) is 0 Å². The third-order valence-corrected chi connectivity index (χ3v) is 2.63. The quantitative estimate of drug-likeness (QED) is 0.743. The molecule has 84 valence electrons. The molecule has 1 aliphatic carbocycles. The molecule has 1 unspecified atom stereocenters. The molecule has 0 aliphatic heterocycles. The molecule has 0 bridgehead atoms. The molecule has 1 atom stereocenters. The molecule has 1 aliphatic rings. The smallest absolute Gasteiger partial charge is 0.328 e. The number of methoxy groups -OCH3 is 1. The molecule has 2 N–H and O–H groups in total. The fourth-order valence-corrected chi connectivity index (χ4v) is 1.72. The molecule has 5 heteroatoms. The highest BCUT2D eigenvalue weighted by Gasteiger charge is 2.25. The average Bonchev–Trinajstić information content (AvgIpc) is 2.96. The van der Waals surface area contributed by atoms with Gasteiger partial charge in [-0.2, -0.15) is 0 Å². The van der Waals surface area contributed by atoms with Gasteiger partial charge in [0.2, 0.25) is 0 Å². The van der Waals surface area contributed by atoms with E-state index in [0.717, 1.165) is 12.8 Å². The number of nitrogens with two attached hydrogens (primary N) is 1. The lowest BCUT2D eigenvalue weighted by Crippen LogP contribution is -2.35. The summed E-state index contributed by atoms with van der Waals surface area (Å²) in [6, 6.07) is 0.306. The van der Waals surface area contributed by atoms with Crippen LogP contribution in [0.5, 0.6) is 0 Å². The largest absolute Gasteiger partial charge is 0.383 e. The predicted molar refractivity (Wildman–Crippen MR) is 56.8 cm³/mol. The number of hydrogen-bond donors (Lipinski definition) is 1. The molecule has 0 spiro atoms. The van der Waals surface area contributed by atoms with Gasteiger partial charge in [0.25, 0.3) is 0 Å². The van der Waals surface area contributed by atoms with E-state index < -0.39 is 0 Å². The van der Waals surface area contributed by atoms with E-state index in [2.05, 4.69) is 0 Å². The van der Waals surface area contributed by atoms with E-state index in [-0.39, 0.29) is 11.7 Å². The first kappa shape index (κ1) is 10.4. The van der Waals surface area contributed by atoms with Crippen LogP contribution in [0.15, 0.2) is 17.2 Å². The second-order valence-electron chi connectivity index (χ2n) is 4.09. The maximum absolute atomic E-state index is 11.8. The molecule has 0 saturated heterocycles. The van der Waals surface area contributed by atoms with E-state index in [9.17, 15) is 4.79 Å². The molecule has 1 heterocycles. The summed E-state index contributed by atoms with van der Waals surface area (Å²) in [4.78, 5) is 11.8. The number of rotatable bonds is 5. The highest BCUT2D eigenvalue weighted by atomic mass is 16.5. The predicted octanol–water partition coefficient (Wildman–Crippen LogP) is -0.0416. The molecule has 0 radical (unpaired) electrons. The Labute approximate surface area is 88.4 Å². The normalized spacial score (nSPS) is 18.0. The summed E-state index contributed by atoms with van der Waals surface area (Å²) in [5, 5.41) is 0. The second-order valence-corrected chi connectivity index (χ2v) is 4.09. The Bertz CT molecular complexity index is 378. The molecule has 1 fully saturated rings. The summed E-state index contributed by atoms with van der Waals surface area (Å²) in [6.07, 6.45) is 5.89. The minimum Gasteiger partial charge on any atom is -0.383 e. The van der Waals surface area contributed by atoms with Gasteiger partial charge in [-0.3, -0.25) is 9.13 Å². The highest BCUT2D eigenvalue weighted by Crippen LogP contribution is 2.33. The number of imidazole rings is 1. The van der Waals surface area contributed by atoms with Crippen LogP contribution in [0.3, 0.4) is 0 Å². The van der Waals surface area contributed by atoms with Crippen molar-refractivity contribution in [2.75, 3.05) is 13.7 Å². The Balaban J connectivity index is 2.05. The van der Waals surface area contributed by atoms with Crippen LogP contribution in [-0.2, 0) is 11.3 Å². The Kier molecular flexibility index (Phi) is 2.93. The Hall–Kier alpha value is -1.07. The molecule has 15 heavy (non-hydrogen) atoms. The second kappa shape index (κ2) is 4.20. The van der Waals surface area contributed by atoms with Gasteiger partial charge in [-0.1, -0.05) is 0 Å². The minimum atomic E-state index is -0.122. The molecule has 5 nitrogen and oxygen atoms in total. The monoisotopic (exact) mass is 211 g/mol. The third kappa shape index (κ3) is 2.30. The Morgan fingerprint density at radius 2 is 2.33 bits per heavy atom. The van der Waals surface area contributed by atoms with Gasteiger partial charge in [0.05, 0.1) is 6.61 Å². The van der Waals surface area contributed by atoms with E-state index in [4.69, 9.17) is 10.5 Å². The summed E-state index contributed by atoms with van der Waals surface area (Å²) < 4.78 is 8.38. The maximum atomic E-state index is 11.8. The summed E-state index contributed by atoms with van der Waals surface area (Å²) in [7, 11) is 1.61. The molecule has 0 aromatic carbocycles. The fourth-order valence-electron chi connectivity index (χ4n) is 1.72. The van der Waals surface area contributed by atoms with E-state index in [1.165, 1.54) is 0 Å². The van der Waals surface area contributed by atoms with Gasteiger partial charge in [-0.05, 0) is 12.8 Å². The lowest BCUT2D eigenvalue weighted by atomic mass is 10.3. The number of nitrogens with zero attached hydrogens (tertiary/aromatic N) is 2. The first-order chi connectivity index (χ1) is 7.22. The Morgan fingerprint density at radius 1 is 1.60 bits per heavy atom. The highest BCUT2D eigenvalue weighted by molar-refractivity contribution is 4.91. The van der Waals surface area contributed by atoms with Crippen molar-refractivity contribution in [2.45, 2.75) is 31.5 Å². The van der Waals surface area contributed by atoms with Gasteiger partial charge >= 0.3 is 5.69 Å². The van der Waals surface area contributed by atoms with E-state index in [1.54, 1.807) is 22.4 Å². The minimum absolute atomic E-state index is 0.0454. The van der Waals surface area contributed by atoms with Crippen molar-refractivity contribution in [1.82, 2.24) is 9.13 Å². The van der Waals surface area contributed by atoms with Gasteiger partial charge in [0, 0.05) is 38.1 Å². The van der Waals surface area contributed by atoms with Crippen LogP contribution >= 0.6 is 0 Å². The van der Waals surface area contributed by atoms with Crippen LogP contribution < -0.4 is 11.4 Å². The molecule has 0 amide bonds. The molecule has 2 rings (SSSR count). The van der Waals surface area contributed by atoms with Crippen molar-refractivity contribution in [2.24, 2.45) is 5.73 Å². The van der Waals surface area contributed by atoms with Crippen LogP contribution in [0.25, 0.3) is 0 Å². The first-order valence-electron chi connectivity index (χ1n) is 5.24. The van der Waals surface area contributed by atoms with Crippen molar-refractivity contribution in [3.05, 3.63) is 22.9 Å². The summed E-state index contributed by atoms with van der Waals surface area (Å²) >= 11 is 0. The van der Waals surface area contributed by atoms with E-state index >= 15 is 0 Å². The molecular formula is C10H17N3O2. The molecule has 1 aromatic rings. The number of hydrogen-bond acceptors (Lipinski definition) is 3. The number of aromatic nitrogens is 2. The van der Waals surface area contributed by atoms with Gasteiger partial charge in [-0.25, -0.2) is 4.79 Å². The Morgan fingerprint density at radius 3 is 2.93 bits per heavy atom. The summed E-state index contributed by atoms with van der Waals surface area (Å²) in [5.74, 6) is 0. The number of ether oxygens (including phenoxy) is 1. The van der Waals surface area contributed by atoms with E-state index in [1.807, 2.05) is 6.20 Å². The SMILES string of the molecule is COCC(N)Cn1ccn(C2CC2)c1=O. The molecule has 1 saturated carbocycles. The average molecular weight is 211 g/mol. The van der Waals surface area contributed by atoms with Gasteiger partial charge in [-0.15, -0.1) is 0 Å². The van der Waals surface area contributed by atoms with Crippen molar-refractivity contribution in [1.29, 1.82) is 0 Å². The zero-order chi connectivity index (χ0) is 10.8. The van der Waals surface area contributed by atoms with E-state index in [0.29, 0.717) is 19.2 Å². The molecular weight excluding hydrogens is 194 g/mol. The lowest BCUT2D eigenvalue weighted by Gasteiger charge is -2.09. The van der Waals surface area contributed by atoms with Crippen LogP contribution in [0.1, 0.15) is 18.9 Å². The molecule has 1 aromatic heterocycles. The van der Waals surface area contributed by atoms with Gasteiger partial charge in [0.15, 0.2) is 0 Å². The first-order valence-corrected chi connectivity index (χ1v) is 5.24. The maximum Gasteiger partial charge on any atom is 0.328 e. The van der Waals surface area contributed by atoms with Crippen molar-refractivity contribution in [3.8, 4) is 0 Å². The third-order valence-electron chi connectivity index (χ3n) is 2.63. The zero-order valence-electron chi connectivity index (χ0n) is 8.93. The zero-order valence-corrected chi connectivity index (χ0v) is 8.93. The van der Waals surface area contributed by atoms with Crippen LogP contribution in [-0.4, -0.2) is 28.9 Å². The standard InChI is InChI=1S/C10H17N3O2/c1-15-7-8(11)6-12-4-5-13(10(12)14)9-2-3-9/h4-5,8-9H,2-3,6-7,11H2,1H3. The van der Waals surface area contributed by atoms with Crippen LogP contribution in [0.2, 0.25) is 0 Å². The lowest BCUT2D eigenvalue weighted by molar-refractivity contribution is 0.173.